The molecule has 1 heterocycles. The summed E-state index contributed by atoms with van der Waals surface area (Å²) in [5.74, 6) is 0.292. The van der Waals surface area contributed by atoms with Crippen molar-refractivity contribution in [3.63, 3.8) is 0 Å². The molecule has 0 fully saturated rings. The number of sulfonamides is 1. The maximum Gasteiger partial charge on any atom is 0.264 e. The molecule has 0 radical (unpaired) electrons. The quantitative estimate of drug-likeness (QED) is 0.911. The van der Waals surface area contributed by atoms with Crippen molar-refractivity contribution in [3.8, 4) is 0 Å². The molecule has 0 saturated heterocycles. The summed E-state index contributed by atoms with van der Waals surface area (Å²) in [5.41, 5.74) is 0.949. The summed E-state index contributed by atoms with van der Waals surface area (Å²) in [6.45, 7) is 5.69. The van der Waals surface area contributed by atoms with Gasteiger partial charge in [-0.2, -0.15) is 0 Å². The predicted octanol–water partition coefficient (Wildman–Crippen LogP) is 1.82. The number of imidazole rings is 1. The lowest BCUT2D eigenvalue weighted by atomic mass is 10.2. The highest BCUT2D eigenvalue weighted by Crippen LogP contribution is 2.12. The molecule has 0 aliphatic rings. The van der Waals surface area contributed by atoms with Crippen molar-refractivity contribution in [1.82, 2.24) is 14.3 Å². The number of hydrogen-bond acceptors (Lipinski definition) is 4. The highest BCUT2D eigenvalue weighted by atomic mass is 32.2. The van der Waals surface area contributed by atoms with Crippen molar-refractivity contribution >= 4 is 15.9 Å². The third kappa shape index (κ3) is 3.73. The first-order chi connectivity index (χ1) is 10.3. The van der Waals surface area contributed by atoms with Crippen LogP contribution in [-0.2, 0) is 21.4 Å². The molecular formula is C15H19N3O3S. The third-order valence-electron chi connectivity index (χ3n) is 3.16. The second-order valence-corrected chi connectivity index (χ2v) is 7.09. The second-order valence-electron chi connectivity index (χ2n) is 5.41. The van der Waals surface area contributed by atoms with Crippen molar-refractivity contribution in [3.05, 3.63) is 48.0 Å². The molecule has 1 N–H and O–H groups in total. The number of nitrogens with zero attached hydrogens (tertiary/aromatic N) is 2. The number of hydrogen-bond donors (Lipinski definition) is 1. The van der Waals surface area contributed by atoms with Gasteiger partial charge in [0, 0.05) is 18.3 Å². The fourth-order valence-corrected chi connectivity index (χ4v) is 3.04. The molecule has 1 aromatic heterocycles. The summed E-state index contributed by atoms with van der Waals surface area (Å²) in [4.78, 5) is 16.2. The van der Waals surface area contributed by atoms with Gasteiger partial charge in [0.05, 0.1) is 4.90 Å². The smallest absolute Gasteiger partial charge is 0.264 e. The van der Waals surface area contributed by atoms with E-state index in [4.69, 9.17) is 0 Å². The van der Waals surface area contributed by atoms with Crippen LogP contribution in [0, 0.1) is 6.92 Å². The lowest BCUT2D eigenvalue weighted by molar-refractivity contribution is -0.119. The van der Waals surface area contributed by atoms with Gasteiger partial charge in [0.2, 0.25) is 0 Å². The zero-order chi connectivity index (χ0) is 16.3. The summed E-state index contributed by atoms with van der Waals surface area (Å²) in [6, 6.07) is 6.32. The molecule has 0 saturated carbocycles. The first-order valence-corrected chi connectivity index (χ1v) is 8.41. The topological polar surface area (TPSA) is 81.1 Å². The molecule has 22 heavy (non-hydrogen) atoms. The molecule has 7 heteroatoms. The normalized spacial score (nSPS) is 11.6. The zero-order valence-corrected chi connectivity index (χ0v) is 13.6. The van der Waals surface area contributed by atoms with E-state index in [1.165, 1.54) is 12.1 Å². The minimum Gasteiger partial charge on any atom is -0.325 e. The van der Waals surface area contributed by atoms with Gasteiger partial charge < -0.3 is 4.57 Å². The van der Waals surface area contributed by atoms with Crippen molar-refractivity contribution < 1.29 is 13.2 Å². The molecule has 0 bridgehead atoms. The van der Waals surface area contributed by atoms with E-state index < -0.39 is 15.9 Å². The summed E-state index contributed by atoms with van der Waals surface area (Å²) < 4.78 is 28.0. The second kappa shape index (κ2) is 6.31. The van der Waals surface area contributed by atoms with Crippen molar-refractivity contribution in [2.45, 2.75) is 38.1 Å². The van der Waals surface area contributed by atoms with Crippen molar-refractivity contribution in [1.29, 1.82) is 0 Å². The van der Waals surface area contributed by atoms with E-state index in [0.29, 0.717) is 0 Å². The van der Waals surface area contributed by atoms with Crippen LogP contribution >= 0.6 is 0 Å². The van der Waals surface area contributed by atoms with E-state index in [2.05, 4.69) is 9.71 Å². The minimum absolute atomic E-state index is 0.0705. The molecule has 0 aliphatic carbocycles. The Hall–Kier alpha value is -2.15. The first-order valence-electron chi connectivity index (χ1n) is 6.93. The fourth-order valence-electron chi connectivity index (χ4n) is 2.07. The summed E-state index contributed by atoms with van der Waals surface area (Å²) >= 11 is 0. The Morgan fingerprint density at radius 3 is 2.50 bits per heavy atom. The average molecular weight is 321 g/mol. The van der Waals surface area contributed by atoms with Crippen LogP contribution in [0.3, 0.4) is 0 Å². The van der Waals surface area contributed by atoms with Crippen LogP contribution in [0.4, 0.5) is 0 Å². The number of amides is 1. The lowest BCUT2D eigenvalue weighted by Crippen LogP contribution is -2.33. The zero-order valence-electron chi connectivity index (χ0n) is 12.8. The van der Waals surface area contributed by atoms with Gasteiger partial charge in [0.25, 0.3) is 15.9 Å². The van der Waals surface area contributed by atoms with Crippen LogP contribution in [0.2, 0.25) is 0 Å². The van der Waals surface area contributed by atoms with Crippen LogP contribution in [0.25, 0.3) is 0 Å². The van der Waals surface area contributed by atoms with E-state index in [1.807, 2.05) is 20.8 Å². The average Bonchev–Trinajstić information content (AvgIpc) is 2.86. The van der Waals surface area contributed by atoms with Crippen LogP contribution in [0.1, 0.15) is 31.2 Å². The fraction of sp³-hybridized carbons (Fsp3) is 0.333. The first kappa shape index (κ1) is 16.2. The number of carbonyl (C=O) groups excluding carboxylic acids is 1. The number of aryl methyl sites for hydroxylation is 1. The third-order valence-corrected chi connectivity index (χ3v) is 4.55. The molecule has 118 valence electrons. The maximum absolute atomic E-state index is 12.1. The molecule has 1 amide bonds. The highest BCUT2D eigenvalue weighted by molar-refractivity contribution is 7.90. The van der Waals surface area contributed by atoms with Crippen molar-refractivity contribution in [2.75, 3.05) is 0 Å². The molecule has 1 aromatic carbocycles. The lowest BCUT2D eigenvalue weighted by Gasteiger charge is -2.11. The number of rotatable bonds is 5. The Labute approximate surface area is 130 Å². The van der Waals surface area contributed by atoms with Gasteiger partial charge in [0.15, 0.2) is 0 Å². The Kier molecular flexibility index (Phi) is 4.65. The molecule has 2 rings (SSSR count). The largest absolute Gasteiger partial charge is 0.325 e. The van der Waals surface area contributed by atoms with E-state index in [0.717, 1.165) is 11.4 Å². The van der Waals surface area contributed by atoms with E-state index in [1.54, 1.807) is 29.1 Å². The SMILES string of the molecule is Cc1ccc(S(=O)(=O)NC(=O)Cn2ccnc2C(C)C)cc1. The van der Waals surface area contributed by atoms with Crippen molar-refractivity contribution in [2.24, 2.45) is 0 Å². The summed E-state index contributed by atoms with van der Waals surface area (Å²) in [7, 11) is -3.85. The predicted molar refractivity (Wildman–Crippen MR) is 82.8 cm³/mol. The van der Waals surface area contributed by atoms with E-state index >= 15 is 0 Å². The van der Waals surface area contributed by atoms with Gasteiger partial charge in [-0.3, -0.25) is 4.79 Å². The Morgan fingerprint density at radius 1 is 1.27 bits per heavy atom. The summed E-state index contributed by atoms with van der Waals surface area (Å²) in [6.07, 6.45) is 3.25. The van der Waals surface area contributed by atoms with Crippen LogP contribution < -0.4 is 4.72 Å². The van der Waals surface area contributed by atoms with E-state index in [-0.39, 0.29) is 17.4 Å². The molecule has 6 nitrogen and oxygen atoms in total. The van der Waals surface area contributed by atoms with Crippen LogP contribution in [0.5, 0.6) is 0 Å². The van der Waals surface area contributed by atoms with Gasteiger partial charge in [-0.15, -0.1) is 0 Å². The van der Waals surface area contributed by atoms with Gasteiger partial charge in [-0.05, 0) is 19.1 Å². The maximum atomic E-state index is 12.1. The summed E-state index contributed by atoms with van der Waals surface area (Å²) in [5, 5.41) is 0. The van der Waals surface area contributed by atoms with E-state index in [9.17, 15) is 13.2 Å². The molecule has 0 atom stereocenters. The molecular weight excluding hydrogens is 302 g/mol. The molecule has 0 spiro atoms. The molecule has 2 aromatic rings. The Morgan fingerprint density at radius 2 is 1.91 bits per heavy atom. The Balaban J connectivity index is 2.11. The van der Waals surface area contributed by atoms with Gasteiger partial charge >= 0.3 is 0 Å². The number of nitrogens with one attached hydrogen (secondary N) is 1. The minimum atomic E-state index is -3.85. The number of carbonyl (C=O) groups is 1. The van der Waals surface area contributed by atoms with Gasteiger partial charge in [-0.1, -0.05) is 31.5 Å². The number of aromatic nitrogens is 2. The number of benzene rings is 1. The Bertz CT molecular complexity index is 762. The molecule has 0 aliphatic heterocycles. The van der Waals surface area contributed by atoms with Crippen LogP contribution in [-0.4, -0.2) is 23.9 Å². The van der Waals surface area contributed by atoms with Gasteiger partial charge in [0.1, 0.15) is 12.4 Å². The molecule has 0 unspecified atom stereocenters. The highest BCUT2D eigenvalue weighted by Gasteiger charge is 2.18. The monoisotopic (exact) mass is 321 g/mol. The standard InChI is InChI=1S/C15H19N3O3S/c1-11(2)15-16-8-9-18(15)10-14(19)17-22(20,21)13-6-4-12(3)5-7-13/h4-9,11H,10H2,1-3H3,(H,17,19). The van der Waals surface area contributed by atoms with Gasteiger partial charge in [-0.25, -0.2) is 18.1 Å². The van der Waals surface area contributed by atoms with Crippen LogP contribution in [0.15, 0.2) is 41.6 Å².